The van der Waals surface area contributed by atoms with Crippen molar-refractivity contribution in [2.75, 3.05) is 13.2 Å². The van der Waals surface area contributed by atoms with E-state index in [1.807, 2.05) is 18.2 Å². The molecule has 1 aromatic rings. The van der Waals surface area contributed by atoms with Gasteiger partial charge in [0.1, 0.15) is 5.75 Å². The first kappa shape index (κ1) is 16.1. The standard InChI is InChI=1S/C16H23ClN2O2/c17-13-7-5-6-12-14(9-11-21-16(12)13)19-15(20)8-3-1-2-4-10-18/h5-7,14H,1-4,8-11,18H2,(H,19,20). The molecule has 1 aromatic carbocycles. The molecule has 0 fully saturated rings. The summed E-state index contributed by atoms with van der Waals surface area (Å²) in [5, 5.41) is 3.70. The van der Waals surface area contributed by atoms with Crippen LogP contribution in [0, 0.1) is 0 Å². The highest BCUT2D eigenvalue weighted by Gasteiger charge is 2.24. The molecule has 3 N–H and O–H groups in total. The van der Waals surface area contributed by atoms with E-state index in [0.717, 1.165) is 44.2 Å². The van der Waals surface area contributed by atoms with Crippen LogP contribution in [0.5, 0.6) is 5.75 Å². The Kier molecular flexibility index (Phi) is 6.33. The maximum absolute atomic E-state index is 12.0. The van der Waals surface area contributed by atoms with Crippen LogP contribution in [0.1, 0.15) is 50.1 Å². The summed E-state index contributed by atoms with van der Waals surface area (Å²) in [6, 6.07) is 5.67. The Hall–Kier alpha value is -1.26. The van der Waals surface area contributed by atoms with Crippen LogP contribution < -0.4 is 15.8 Å². The van der Waals surface area contributed by atoms with E-state index in [1.165, 1.54) is 0 Å². The number of halogens is 1. The fourth-order valence-electron chi connectivity index (χ4n) is 2.59. The van der Waals surface area contributed by atoms with Gasteiger partial charge in [-0.15, -0.1) is 0 Å². The van der Waals surface area contributed by atoms with Gasteiger partial charge in [0.15, 0.2) is 0 Å². The third-order valence-electron chi connectivity index (χ3n) is 3.72. The Morgan fingerprint density at radius 1 is 1.33 bits per heavy atom. The fraction of sp³-hybridized carbons (Fsp3) is 0.562. The van der Waals surface area contributed by atoms with Crippen LogP contribution in [-0.2, 0) is 4.79 Å². The molecule has 4 nitrogen and oxygen atoms in total. The first-order valence-corrected chi connectivity index (χ1v) is 8.01. The second-order valence-corrected chi connectivity index (χ2v) is 5.78. The van der Waals surface area contributed by atoms with Gasteiger partial charge in [-0.1, -0.05) is 36.6 Å². The topological polar surface area (TPSA) is 64.4 Å². The summed E-state index contributed by atoms with van der Waals surface area (Å²) in [5.74, 6) is 0.805. The Bertz CT molecular complexity index is 479. The molecule has 116 valence electrons. The van der Waals surface area contributed by atoms with E-state index < -0.39 is 0 Å². The summed E-state index contributed by atoms with van der Waals surface area (Å²) < 4.78 is 5.60. The quantitative estimate of drug-likeness (QED) is 0.760. The van der Waals surface area contributed by atoms with Crippen molar-refractivity contribution in [3.8, 4) is 5.75 Å². The zero-order valence-electron chi connectivity index (χ0n) is 12.2. The number of hydrogen-bond donors (Lipinski definition) is 2. The number of rotatable bonds is 7. The van der Waals surface area contributed by atoms with Crippen LogP contribution >= 0.6 is 11.6 Å². The van der Waals surface area contributed by atoms with Crippen molar-refractivity contribution in [1.29, 1.82) is 0 Å². The van der Waals surface area contributed by atoms with Gasteiger partial charge in [-0.05, 0) is 25.5 Å². The number of para-hydroxylation sites is 1. The average Bonchev–Trinajstić information content (AvgIpc) is 2.48. The van der Waals surface area contributed by atoms with Crippen molar-refractivity contribution in [3.63, 3.8) is 0 Å². The molecule has 0 aliphatic carbocycles. The number of hydrogen-bond acceptors (Lipinski definition) is 3. The molecule has 0 saturated carbocycles. The van der Waals surface area contributed by atoms with Crippen LogP contribution in [0.2, 0.25) is 5.02 Å². The van der Waals surface area contributed by atoms with Gasteiger partial charge in [0.25, 0.3) is 0 Å². The minimum Gasteiger partial charge on any atom is -0.492 e. The normalized spacial score (nSPS) is 17.0. The second-order valence-electron chi connectivity index (χ2n) is 5.37. The number of unbranched alkanes of at least 4 members (excludes halogenated alkanes) is 3. The van der Waals surface area contributed by atoms with E-state index in [4.69, 9.17) is 22.1 Å². The summed E-state index contributed by atoms with van der Waals surface area (Å²) in [7, 11) is 0. The van der Waals surface area contributed by atoms with E-state index in [2.05, 4.69) is 5.32 Å². The first-order valence-electron chi connectivity index (χ1n) is 7.63. The molecule has 1 heterocycles. The van der Waals surface area contributed by atoms with Crippen LogP contribution in [0.3, 0.4) is 0 Å². The van der Waals surface area contributed by atoms with Gasteiger partial charge in [0.2, 0.25) is 5.91 Å². The van der Waals surface area contributed by atoms with Crippen molar-refractivity contribution in [1.82, 2.24) is 5.32 Å². The van der Waals surface area contributed by atoms with Crippen LogP contribution in [0.15, 0.2) is 18.2 Å². The lowest BCUT2D eigenvalue weighted by molar-refractivity contribution is -0.122. The summed E-state index contributed by atoms with van der Waals surface area (Å²) in [6.45, 7) is 1.31. The van der Waals surface area contributed by atoms with Crippen LogP contribution in [0.4, 0.5) is 0 Å². The van der Waals surface area contributed by atoms with E-state index in [1.54, 1.807) is 0 Å². The highest BCUT2D eigenvalue weighted by molar-refractivity contribution is 6.32. The lowest BCUT2D eigenvalue weighted by Crippen LogP contribution is -2.32. The largest absolute Gasteiger partial charge is 0.492 e. The van der Waals surface area contributed by atoms with Crippen molar-refractivity contribution >= 4 is 17.5 Å². The van der Waals surface area contributed by atoms with Crippen molar-refractivity contribution in [2.24, 2.45) is 5.73 Å². The van der Waals surface area contributed by atoms with E-state index in [0.29, 0.717) is 23.8 Å². The molecule has 1 aliphatic heterocycles. The summed E-state index contributed by atoms with van der Waals surface area (Å²) in [5.41, 5.74) is 6.43. The zero-order valence-corrected chi connectivity index (χ0v) is 13.0. The summed E-state index contributed by atoms with van der Waals surface area (Å²) in [4.78, 5) is 12.0. The predicted molar refractivity (Wildman–Crippen MR) is 84.6 cm³/mol. The van der Waals surface area contributed by atoms with Gasteiger partial charge in [-0.3, -0.25) is 4.79 Å². The minimum absolute atomic E-state index is 0.00370. The van der Waals surface area contributed by atoms with Gasteiger partial charge in [0, 0.05) is 18.4 Å². The molecule has 1 unspecified atom stereocenters. The molecule has 21 heavy (non-hydrogen) atoms. The number of nitrogens with one attached hydrogen (secondary N) is 1. The highest BCUT2D eigenvalue weighted by Crippen LogP contribution is 2.37. The van der Waals surface area contributed by atoms with Crippen molar-refractivity contribution in [2.45, 2.75) is 44.6 Å². The molecule has 5 heteroatoms. The van der Waals surface area contributed by atoms with E-state index >= 15 is 0 Å². The van der Waals surface area contributed by atoms with Gasteiger partial charge in [0.05, 0.1) is 17.7 Å². The Morgan fingerprint density at radius 3 is 2.95 bits per heavy atom. The second kappa shape index (κ2) is 8.25. The van der Waals surface area contributed by atoms with E-state index in [-0.39, 0.29) is 11.9 Å². The molecule has 1 aliphatic rings. The third kappa shape index (κ3) is 4.61. The molecular weight excluding hydrogens is 288 g/mol. The monoisotopic (exact) mass is 310 g/mol. The highest BCUT2D eigenvalue weighted by atomic mass is 35.5. The van der Waals surface area contributed by atoms with Gasteiger partial charge >= 0.3 is 0 Å². The number of fused-ring (bicyclic) bond motifs is 1. The third-order valence-corrected chi connectivity index (χ3v) is 4.02. The number of amides is 1. The molecule has 0 bridgehead atoms. The van der Waals surface area contributed by atoms with Gasteiger partial charge < -0.3 is 15.8 Å². The fourth-order valence-corrected chi connectivity index (χ4v) is 2.82. The Balaban J connectivity index is 1.84. The van der Waals surface area contributed by atoms with Crippen LogP contribution in [0.25, 0.3) is 0 Å². The van der Waals surface area contributed by atoms with Crippen molar-refractivity contribution in [3.05, 3.63) is 28.8 Å². The Morgan fingerprint density at radius 2 is 2.14 bits per heavy atom. The summed E-state index contributed by atoms with van der Waals surface area (Å²) >= 11 is 6.13. The van der Waals surface area contributed by atoms with Crippen LogP contribution in [-0.4, -0.2) is 19.1 Å². The molecule has 0 saturated heterocycles. The van der Waals surface area contributed by atoms with Gasteiger partial charge in [-0.25, -0.2) is 0 Å². The molecule has 2 rings (SSSR count). The lowest BCUT2D eigenvalue weighted by Gasteiger charge is -2.27. The molecule has 0 aromatic heterocycles. The number of ether oxygens (including phenoxy) is 1. The number of benzene rings is 1. The minimum atomic E-state index is 0.00370. The lowest BCUT2D eigenvalue weighted by atomic mass is 10.00. The van der Waals surface area contributed by atoms with Crippen molar-refractivity contribution < 1.29 is 9.53 Å². The summed E-state index contributed by atoms with van der Waals surface area (Å²) in [6.07, 6.45) is 5.45. The first-order chi connectivity index (χ1) is 10.2. The number of carbonyl (C=O) groups is 1. The maximum Gasteiger partial charge on any atom is 0.220 e. The molecule has 0 radical (unpaired) electrons. The number of carbonyl (C=O) groups excluding carboxylic acids is 1. The van der Waals surface area contributed by atoms with E-state index in [9.17, 15) is 4.79 Å². The zero-order chi connectivity index (χ0) is 15.1. The Labute approximate surface area is 131 Å². The predicted octanol–water partition coefficient (Wildman–Crippen LogP) is 3.19. The van der Waals surface area contributed by atoms with Gasteiger partial charge in [-0.2, -0.15) is 0 Å². The average molecular weight is 311 g/mol. The maximum atomic E-state index is 12.0. The smallest absolute Gasteiger partial charge is 0.220 e. The molecular formula is C16H23ClN2O2. The molecule has 0 spiro atoms. The number of nitrogens with two attached hydrogens (primary N) is 1. The SMILES string of the molecule is NCCCCCCC(=O)NC1CCOc2c(Cl)cccc21. The molecule has 1 atom stereocenters. The molecule has 1 amide bonds.